The Morgan fingerprint density at radius 2 is 2.22 bits per heavy atom. The van der Waals surface area contributed by atoms with Crippen LogP contribution < -0.4 is 0 Å². The zero-order chi connectivity index (χ0) is 22.1. The molecule has 0 radical (unpaired) electrons. The summed E-state index contributed by atoms with van der Waals surface area (Å²) in [6.07, 6.45) is 4.68. The van der Waals surface area contributed by atoms with Gasteiger partial charge in [-0.3, -0.25) is 4.79 Å². The van der Waals surface area contributed by atoms with Gasteiger partial charge in [-0.15, -0.1) is 11.3 Å². The zero-order valence-electron chi connectivity index (χ0n) is 18.2. The second-order valence-corrected chi connectivity index (χ2v) is 10.0. The van der Waals surface area contributed by atoms with Crippen LogP contribution in [0.1, 0.15) is 47.3 Å². The predicted octanol–water partition coefficient (Wildman–Crippen LogP) is 4.80. The quantitative estimate of drug-likeness (QED) is 0.464. The Bertz CT molecular complexity index is 1100. The van der Waals surface area contributed by atoms with E-state index in [2.05, 4.69) is 22.7 Å². The lowest BCUT2D eigenvalue weighted by atomic mass is 10.1. The smallest absolute Gasteiger partial charge is 0.253 e. The van der Waals surface area contributed by atoms with Crippen LogP contribution in [0.3, 0.4) is 0 Å². The van der Waals surface area contributed by atoms with Gasteiger partial charge < -0.3 is 13.7 Å². The second-order valence-electron chi connectivity index (χ2n) is 8.10. The van der Waals surface area contributed by atoms with Crippen LogP contribution in [0.4, 0.5) is 0 Å². The minimum Gasteiger partial charge on any atom is -0.463 e. The summed E-state index contributed by atoms with van der Waals surface area (Å²) < 4.78 is 13.6. The summed E-state index contributed by atoms with van der Waals surface area (Å²) in [6, 6.07) is 7.70. The fraction of sp³-hybridized carbons (Fsp3) is 0.435. The molecule has 0 bridgehead atoms. The van der Waals surface area contributed by atoms with Gasteiger partial charge in [-0.05, 0) is 50.3 Å². The SMILES string of the molecule is Cc1nc(SCC(=O)N2N=C(c3ccco3)C[C@H]2c2cccs2)n(C[C@@H]2CCCO2)c1C. The Labute approximate surface area is 195 Å². The fourth-order valence-electron chi connectivity index (χ4n) is 4.17. The summed E-state index contributed by atoms with van der Waals surface area (Å²) in [5, 5.41) is 9.19. The van der Waals surface area contributed by atoms with Crippen LogP contribution in [-0.2, 0) is 16.1 Å². The van der Waals surface area contributed by atoms with Gasteiger partial charge in [0.05, 0.1) is 36.4 Å². The largest absolute Gasteiger partial charge is 0.463 e. The van der Waals surface area contributed by atoms with Crippen molar-refractivity contribution in [2.45, 2.75) is 57.0 Å². The third-order valence-corrected chi connectivity index (χ3v) is 7.94. The molecule has 1 fully saturated rings. The van der Waals surface area contributed by atoms with Crippen molar-refractivity contribution in [1.82, 2.24) is 14.6 Å². The third-order valence-electron chi connectivity index (χ3n) is 6.00. The Kier molecular flexibility index (Phi) is 6.21. The second kappa shape index (κ2) is 9.25. The first-order valence-electron chi connectivity index (χ1n) is 10.8. The number of carbonyl (C=O) groups is 1. The van der Waals surface area contributed by atoms with Crippen LogP contribution in [-0.4, -0.2) is 44.6 Å². The summed E-state index contributed by atoms with van der Waals surface area (Å²) >= 11 is 3.12. The molecule has 0 unspecified atom stereocenters. The first-order chi connectivity index (χ1) is 15.6. The summed E-state index contributed by atoms with van der Waals surface area (Å²) in [5.41, 5.74) is 2.93. The van der Waals surface area contributed by atoms with Crippen LogP contribution in [0.5, 0.6) is 0 Å². The average Bonchev–Trinajstić information content (AvgIpc) is 3.59. The first kappa shape index (κ1) is 21.5. The molecule has 0 aromatic carbocycles. The number of ether oxygens (including phenoxy) is 1. The third kappa shape index (κ3) is 4.29. The molecule has 0 aliphatic carbocycles. The number of thioether (sulfide) groups is 1. The molecular formula is C23H26N4O3S2. The van der Waals surface area contributed by atoms with Crippen molar-refractivity contribution >= 4 is 34.7 Å². The summed E-state index contributed by atoms with van der Waals surface area (Å²) in [7, 11) is 0. The molecule has 1 saturated heterocycles. The van der Waals surface area contributed by atoms with Crippen LogP contribution in [0.2, 0.25) is 0 Å². The molecule has 168 valence electrons. The zero-order valence-corrected chi connectivity index (χ0v) is 19.8. The number of aryl methyl sites for hydroxylation is 1. The van der Waals surface area contributed by atoms with E-state index in [-0.39, 0.29) is 23.8 Å². The minimum absolute atomic E-state index is 0.0306. The Morgan fingerprint density at radius 1 is 1.31 bits per heavy atom. The molecule has 32 heavy (non-hydrogen) atoms. The molecule has 2 aliphatic rings. The summed E-state index contributed by atoms with van der Waals surface area (Å²) in [6.45, 7) is 5.70. The molecule has 0 spiro atoms. The maximum atomic E-state index is 13.3. The van der Waals surface area contributed by atoms with Gasteiger partial charge in [-0.25, -0.2) is 9.99 Å². The molecule has 3 aromatic heterocycles. The van der Waals surface area contributed by atoms with Crippen LogP contribution >= 0.6 is 23.1 Å². The molecule has 2 atom stereocenters. The van der Waals surface area contributed by atoms with Crippen molar-refractivity contribution < 1.29 is 13.9 Å². The highest BCUT2D eigenvalue weighted by atomic mass is 32.2. The lowest BCUT2D eigenvalue weighted by Gasteiger charge is -2.20. The number of imidazole rings is 1. The average molecular weight is 471 g/mol. The standard InChI is InChI=1S/C23H26N4O3S2/c1-15-16(2)26(13-17-6-3-9-29-17)23(24-15)32-14-22(28)27-19(21-8-5-11-31-21)12-18(25-27)20-7-4-10-30-20/h4-5,7-8,10-11,17,19H,3,6,9,12-14H2,1-2H3/t17-,19-/m0/s1. The van der Waals surface area contributed by atoms with Crippen molar-refractivity contribution in [1.29, 1.82) is 0 Å². The molecule has 3 aromatic rings. The number of furan rings is 1. The highest BCUT2D eigenvalue weighted by Gasteiger charge is 2.34. The maximum absolute atomic E-state index is 13.3. The van der Waals surface area contributed by atoms with E-state index in [9.17, 15) is 4.79 Å². The normalized spacial score (nSPS) is 20.8. The molecule has 0 N–H and O–H groups in total. The molecule has 5 heterocycles. The number of hydrogen-bond donors (Lipinski definition) is 0. The van der Waals surface area contributed by atoms with Crippen LogP contribution in [0, 0.1) is 13.8 Å². The van der Waals surface area contributed by atoms with E-state index < -0.39 is 0 Å². The number of rotatable bonds is 7. The molecular weight excluding hydrogens is 444 g/mol. The van der Waals surface area contributed by atoms with Crippen molar-refractivity contribution in [3.63, 3.8) is 0 Å². The van der Waals surface area contributed by atoms with Gasteiger partial charge in [-0.1, -0.05) is 17.8 Å². The highest BCUT2D eigenvalue weighted by molar-refractivity contribution is 7.99. The number of aromatic nitrogens is 2. The monoisotopic (exact) mass is 470 g/mol. The highest BCUT2D eigenvalue weighted by Crippen LogP contribution is 2.36. The van der Waals surface area contributed by atoms with E-state index >= 15 is 0 Å². The fourth-order valence-corrected chi connectivity index (χ4v) is 5.93. The van der Waals surface area contributed by atoms with Gasteiger partial charge in [0.15, 0.2) is 5.16 Å². The van der Waals surface area contributed by atoms with Crippen molar-refractivity contribution in [2.75, 3.05) is 12.4 Å². The van der Waals surface area contributed by atoms with Gasteiger partial charge in [-0.2, -0.15) is 5.10 Å². The number of hydrogen-bond acceptors (Lipinski definition) is 7. The molecule has 9 heteroatoms. The predicted molar refractivity (Wildman–Crippen MR) is 125 cm³/mol. The number of nitrogens with zero attached hydrogens (tertiary/aromatic N) is 4. The van der Waals surface area contributed by atoms with E-state index in [0.29, 0.717) is 12.2 Å². The number of thiophene rings is 1. The lowest BCUT2D eigenvalue weighted by Crippen LogP contribution is -2.28. The van der Waals surface area contributed by atoms with Crippen molar-refractivity contribution in [2.24, 2.45) is 5.10 Å². The first-order valence-corrected chi connectivity index (χ1v) is 12.7. The van der Waals surface area contributed by atoms with Gasteiger partial charge in [0.1, 0.15) is 11.5 Å². The Hall–Kier alpha value is -2.36. The van der Waals surface area contributed by atoms with Crippen LogP contribution in [0.25, 0.3) is 0 Å². The summed E-state index contributed by atoms with van der Waals surface area (Å²) in [5.74, 6) is 0.961. The molecule has 7 nitrogen and oxygen atoms in total. The number of carbonyl (C=O) groups excluding carboxylic acids is 1. The summed E-state index contributed by atoms with van der Waals surface area (Å²) in [4.78, 5) is 19.1. The molecule has 1 amide bonds. The molecule has 5 rings (SSSR count). The van der Waals surface area contributed by atoms with Gasteiger partial charge in [0, 0.05) is 23.6 Å². The van der Waals surface area contributed by atoms with Gasteiger partial charge >= 0.3 is 0 Å². The molecule has 0 saturated carbocycles. The van der Waals surface area contributed by atoms with E-state index in [1.807, 2.05) is 30.5 Å². The minimum atomic E-state index is -0.0988. The van der Waals surface area contributed by atoms with E-state index in [0.717, 1.165) is 53.1 Å². The number of hydrazone groups is 1. The van der Waals surface area contributed by atoms with E-state index in [1.54, 1.807) is 22.6 Å². The van der Waals surface area contributed by atoms with Crippen molar-refractivity contribution in [3.05, 3.63) is 57.9 Å². The van der Waals surface area contributed by atoms with Gasteiger partial charge in [0.25, 0.3) is 5.91 Å². The Morgan fingerprint density at radius 3 is 2.94 bits per heavy atom. The molecule has 2 aliphatic heterocycles. The topological polar surface area (TPSA) is 72.9 Å². The maximum Gasteiger partial charge on any atom is 0.253 e. The number of amides is 1. The van der Waals surface area contributed by atoms with Crippen molar-refractivity contribution in [3.8, 4) is 0 Å². The van der Waals surface area contributed by atoms with E-state index in [4.69, 9.17) is 14.1 Å². The lowest BCUT2D eigenvalue weighted by molar-refractivity contribution is -0.130. The van der Waals surface area contributed by atoms with E-state index in [1.165, 1.54) is 11.8 Å². The van der Waals surface area contributed by atoms with Gasteiger partial charge in [0.2, 0.25) is 0 Å². The Balaban J connectivity index is 1.33. The van der Waals surface area contributed by atoms with Crippen LogP contribution in [0.15, 0.2) is 50.6 Å².